The Hall–Kier alpha value is -3.11. The number of amides is 1. The molecule has 4 rings (SSSR count). The van der Waals surface area contributed by atoms with Crippen molar-refractivity contribution in [1.29, 1.82) is 0 Å². The van der Waals surface area contributed by atoms with Crippen LogP contribution in [0.2, 0.25) is 5.02 Å². The molecule has 0 radical (unpaired) electrons. The van der Waals surface area contributed by atoms with E-state index in [2.05, 4.69) is 5.32 Å². The zero-order chi connectivity index (χ0) is 18.8. The lowest BCUT2D eigenvalue weighted by Gasteiger charge is -2.15. The molecule has 4 aromatic rings. The van der Waals surface area contributed by atoms with E-state index in [0.717, 1.165) is 16.6 Å². The molecule has 0 saturated carbocycles. The minimum Gasteiger partial charge on any atom is -0.350 e. The van der Waals surface area contributed by atoms with Crippen molar-refractivity contribution in [2.45, 2.75) is 13.1 Å². The van der Waals surface area contributed by atoms with Crippen molar-refractivity contribution in [3.63, 3.8) is 0 Å². The molecule has 1 amide bonds. The van der Waals surface area contributed by atoms with E-state index in [1.165, 1.54) is 0 Å². The van der Waals surface area contributed by atoms with E-state index in [1.54, 1.807) is 24.3 Å². The Balaban J connectivity index is 1.68. The van der Waals surface area contributed by atoms with Crippen molar-refractivity contribution >= 4 is 39.3 Å². The summed E-state index contributed by atoms with van der Waals surface area (Å²) in [5.41, 5.74) is 2.46. The number of para-hydroxylation sites is 2. The summed E-state index contributed by atoms with van der Waals surface area (Å²) in [4.78, 5) is 25.3. The molecule has 0 spiro atoms. The van der Waals surface area contributed by atoms with Gasteiger partial charge in [-0.2, -0.15) is 0 Å². The highest BCUT2D eigenvalue weighted by molar-refractivity contribution is 6.30. The summed E-state index contributed by atoms with van der Waals surface area (Å²) in [6.07, 6.45) is 0. The van der Waals surface area contributed by atoms with Crippen molar-refractivity contribution < 1.29 is 4.79 Å². The van der Waals surface area contributed by atoms with Gasteiger partial charge in [-0.15, -0.1) is 0 Å². The van der Waals surface area contributed by atoms with Crippen molar-refractivity contribution in [2.75, 3.05) is 0 Å². The van der Waals surface area contributed by atoms with Crippen molar-refractivity contribution in [3.8, 4) is 0 Å². The third-order valence-electron chi connectivity index (χ3n) is 4.58. The lowest BCUT2D eigenvalue weighted by molar-refractivity contribution is -0.121. The van der Waals surface area contributed by atoms with Crippen LogP contribution in [0.1, 0.15) is 5.56 Å². The van der Waals surface area contributed by atoms with Crippen LogP contribution in [0.5, 0.6) is 0 Å². The zero-order valence-electron chi connectivity index (χ0n) is 14.5. The molecule has 3 aromatic carbocycles. The first-order valence-corrected chi connectivity index (χ1v) is 9.03. The fourth-order valence-corrected chi connectivity index (χ4v) is 3.38. The number of carbonyl (C=O) groups is 1. The number of nitrogens with one attached hydrogen (secondary N) is 1. The van der Waals surface area contributed by atoms with E-state index in [9.17, 15) is 9.59 Å². The van der Waals surface area contributed by atoms with Crippen LogP contribution >= 0.6 is 11.6 Å². The van der Waals surface area contributed by atoms with Gasteiger partial charge in [-0.05, 0) is 42.0 Å². The Morgan fingerprint density at radius 1 is 0.852 bits per heavy atom. The average molecular weight is 377 g/mol. The maximum absolute atomic E-state index is 12.7. The van der Waals surface area contributed by atoms with E-state index in [1.807, 2.05) is 53.1 Å². The number of hydrogen-bond donors (Lipinski definition) is 1. The number of rotatable bonds is 4. The summed E-state index contributed by atoms with van der Waals surface area (Å²) in [7, 11) is 0. The van der Waals surface area contributed by atoms with Gasteiger partial charge in [-0.3, -0.25) is 9.59 Å². The average Bonchev–Trinajstić information content (AvgIpc) is 2.71. The van der Waals surface area contributed by atoms with Gasteiger partial charge in [-0.1, -0.05) is 48.0 Å². The number of nitrogens with zero attached hydrogens (tertiary/aromatic N) is 1. The molecule has 1 N–H and O–H groups in total. The molecule has 0 unspecified atom stereocenters. The quantitative estimate of drug-likeness (QED) is 0.544. The van der Waals surface area contributed by atoms with Gasteiger partial charge in [0, 0.05) is 22.3 Å². The highest BCUT2D eigenvalue weighted by atomic mass is 35.5. The van der Waals surface area contributed by atoms with Crippen LogP contribution in [0.25, 0.3) is 21.8 Å². The first-order valence-electron chi connectivity index (χ1n) is 8.65. The number of hydrogen-bond acceptors (Lipinski definition) is 2. The monoisotopic (exact) mass is 376 g/mol. The molecule has 5 heteroatoms. The molecule has 0 saturated heterocycles. The lowest BCUT2D eigenvalue weighted by atomic mass is 10.1. The Kier molecular flexibility index (Phi) is 4.65. The second-order valence-electron chi connectivity index (χ2n) is 6.35. The lowest BCUT2D eigenvalue weighted by Crippen LogP contribution is -2.28. The van der Waals surface area contributed by atoms with Crippen LogP contribution in [0.3, 0.4) is 0 Å². The van der Waals surface area contributed by atoms with Crippen LogP contribution in [0, 0.1) is 0 Å². The topological polar surface area (TPSA) is 51.1 Å². The molecule has 0 bridgehead atoms. The summed E-state index contributed by atoms with van der Waals surface area (Å²) in [5, 5.41) is 4.82. The van der Waals surface area contributed by atoms with Crippen LogP contribution < -0.4 is 10.7 Å². The standard InChI is InChI=1S/C22H17ClN2O2/c23-16-11-9-15(10-12-16)13-24-21(26)14-25-19-7-3-1-5-17(19)22(27)18-6-2-4-8-20(18)25/h1-12H,13-14H2,(H,24,26). The van der Waals surface area contributed by atoms with Crippen molar-refractivity contribution in [1.82, 2.24) is 9.88 Å². The summed E-state index contributed by atoms with van der Waals surface area (Å²) < 4.78 is 1.89. The van der Waals surface area contributed by atoms with Gasteiger partial charge in [-0.25, -0.2) is 0 Å². The predicted molar refractivity (Wildman–Crippen MR) is 109 cm³/mol. The summed E-state index contributed by atoms with van der Waals surface area (Å²) in [5.74, 6) is -0.121. The van der Waals surface area contributed by atoms with Crippen molar-refractivity contribution in [3.05, 3.63) is 93.6 Å². The first kappa shape index (κ1) is 17.3. The fraction of sp³-hybridized carbons (Fsp3) is 0.0909. The van der Waals surface area contributed by atoms with Gasteiger partial charge in [0.05, 0.1) is 11.0 Å². The summed E-state index contributed by atoms with van der Waals surface area (Å²) >= 11 is 5.89. The molecule has 4 nitrogen and oxygen atoms in total. The number of benzene rings is 3. The highest BCUT2D eigenvalue weighted by Crippen LogP contribution is 2.19. The largest absolute Gasteiger partial charge is 0.350 e. The third kappa shape index (κ3) is 3.44. The van der Waals surface area contributed by atoms with E-state index < -0.39 is 0 Å². The van der Waals surface area contributed by atoms with Gasteiger partial charge >= 0.3 is 0 Å². The Morgan fingerprint density at radius 3 is 2.00 bits per heavy atom. The maximum Gasteiger partial charge on any atom is 0.240 e. The van der Waals surface area contributed by atoms with Crippen LogP contribution in [0.15, 0.2) is 77.6 Å². The van der Waals surface area contributed by atoms with Crippen LogP contribution in [-0.4, -0.2) is 10.5 Å². The minimum absolute atomic E-state index is 0.0148. The highest BCUT2D eigenvalue weighted by Gasteiger charge is 2.12. The Bertz CT molecular complexity index is 1140. The molecule has 0 atom stereocenters. The van der Waals surface area contributed by atoms with E-state index in [4.69, 9.17) is 11.6 Å². The molecule has 0 fully saturated rings. The van der Waals surface area contributed by atoms with Gasteiger partial charge < -0.3 is 9.88 Å². The number of aromatic nitrogens is 1. The SMILES string of the molecule is O=C(Cn1c2ccccc2c(=O)c2ccccc21)NCc1ccc(Cl)cc1. The number of pyridine rings is 1. The molecule has 134 valence electrons. The van der Waals surface area contributed by atoms with E-state index >= 15 is 0 Å². The minimum atomic E-state index is -0.121. The second-order valence-corrected chi connectivity index (χ2v) is 6.79. The number of fused-ring (bicyclic) bond motifs is 2. The second kappa shape index (κ2) is 7.25. The van der Waals surface area contributed by atoms with E-state index in [0.29, 0.717) is 22.3 Å². The zero-order valence-corrected chi connectivity index (χ0v) is 15.2. The molecule has 0 aliphatic rings. The summed E-state index contributed by atoms with van der Waals surface area (Å²) in [6.45, 7) is 0.557. The molecular formula is C22H17ClN2O2. The molecular weight excluding hydrogens is 360 g/mol. The molecule has 1 heterocycles. The van der Waals surface area contributed by atoms with Gasteiger partial charge in [0.15, 0.2) is 5.43 Å². The van der Waals surface area contributed by atoms with Crippen LogP contribution in [0.4, 0.5) is 0 Å². The molecule has 1 aromatic heterocycles. The Morgan fingerprint density at radius 2 is 1.41 bits per heavy atom. The Labute approximate surface area is 161 Å². The van der Waals surface area contributed by atoms with Gasteiger partial charge in [0.25, 0.3) is 0 Å². The smallest absolute Gasteiger partial charge is 0.240 e. The molecule has 0 aliphatic heterocycles. The fourth-order valence-electron chi connectivity index (χ4n) is 3.25. The third-order valence-corrected chi connectivity index (χ3v) is 4.84. The summed E-state index contributed by atoms with van der Waals surface area (Å²) in [6, 6.07) is 22.1. The molecule has 27 heavy (non-hydrogen) atoms. The number of carbonyl (C=O) groups excluding carboxylic acids is 1. The molecule has 0 aliphatic carbocycles. The van der Waals surface area contributed by atoms with Gasteiger partial charge in [0.1, 0.15) is 6.54 Å². The van der Waals surface area contributed by atoms with Crippen molar-refractivity contribution in [2.24, 2.45) is 0 Å². The van der Waals surface area contributed by atoms with Gasteiger partial charge in [0.2, 0.25) is 5.91 Å². The first-order chi connectivity index (χ1) is 13.1. The van der Waals surface area contributed by atoms with E-state index in [-0.39, 0.29) is 17.9 Å². The van der Waals surface area contributed by atoms with Crippen LogP contribution in [-0.2, 0) is 17.9 Å². The normalized spacial score (nSPS) is 11.0. The maximum atomic E-state index is 12.7. The number of halogens is 1. The predicted octanol–water partition coefficient (Wildman–Crippen LogP) is 4.12.